The zero-order chi connectivity index (χ0) is 30.1. The Morgan fingerprint density at radius 1 is 1.05 bits per heavy atom. The van der Waals surface area contributed by atoms with Gasteiger partial charge in [0.05, 0.1) is 19.2 Å². The predicted octanol–water partition coefficient (Wildman–Crippen LogP) is 7.80. The van der Waals surface area contributed by atoms with Crippen LogP contribution in [0.25, 0.3) is 11.1 Å². The zero-order valence-electron chi connectivity index (χ0n) is 25.6. The van der Waals surface area contributed by atoms with Gasteiger partial charge in [-0.25, -0.2) is 9.37 Å². The number of carbonyl (C=O) groups is 1. The molecule has 1 aliphatic heterocycles. The van der Waals surface area contributed by atoms with Crippen molar-refractivity contribution < 1.29 is 23.8 Å². The van der Waals surface area contributed by atoms with Crippen LogP contribution in [0.2, 0.25) is 0 Å². The lowest BCUT2D eigenvalue weighted by molar-refractivity contribution is -0.142. The number of fused-ring (bicyclic) bond motifs is 1. The molecule has 0 bridgehead atoms. The lowest BCUT2D eigenvalue weighted by atomic mass is 9.82. The summed E-state index contributed by atoms with van der Waals surface area (Å²) in [5.74, 6) is 0.0396. The monoisotopic (exact) mass is 574 g/mol. The van der Waals surface area contributed by atoms with E-state index >= 15 is 4.39 Å². The van der Waals surface area contributed by atoms with E-state index in [1.807, 2.05) is 19.1 Å². The zero-order valence-corrected chi connectivity index (χ0v) is 25.6. The number of hydrogen-bond acceptors (Lipinski definition) is 5. The third-order valence-electron chi connectivity index (χ3n) is 8.99. The van der Waals surface area contributed by atoms with Gasteiger partial charge >= 0.3 is 5.97 Å². The molecule has 2 aliphatic rings. The maximum Gasteiger partial charge on any atom is 0.306 e. The number of aromatic nitrogens is 1. The highest BCUT2D eigenvalue weighted by molar-refractivity contribution is 5.71. The number of carboxylic acids is 1. The fourth-order valence-electron chi connectivity index (χ4n) is 6.51. The number of ether oxygens (including phenoxy) is 2. The van der Waals surface area contributed by atoms with Crippen molar-refractivity contribution in [2.45, 2.75) is 91.0 Å². The van der Waals surface area contributed by atoms with Crippen LogP contribution in [0, 0.1) is 17.7 Å². The molecule has 3 atom stereocenters. The van der Waals surface area contributed by atoms with E-state index in [0.717, 1.165) is 59.3 Å². The highest BCUT2D eigenvalue weighted by atomic mass is 19.1. The van der Waals surface area contributed by atoms with E-state index in [-0.39, 0.29) is 17.8 Å². The smallest absolute Gasteiger partial charge is 0.306 e. The molecule has 5 rings (SSSR count). The topological polar surface area (TPSA) is 71.9 Å². The molecule has 0 amide bonds. The molecule has 1 N–H and O–H groups in total. The molecule has 224 valence electrons. The minimum Gasteiger partial charge on any atom is -0.485 e. The summed E-state index contributed by atoms with van der Waals surface area (Å²) < 4.78 is 27.1. The second kappa shape index (κ2) is 12.4. The average molecular weight is 575 g/mol. The molecule has 3 aromatic rings. The summed E-state index contributed by atoms with van der Waals surface area (Å²) in [5.41, 5.74) is 5.56. The Bertz CT molecular complexity index is 1430. The van der Waals surface area contributed by atoms with Crippen molar-refractivity contribution in [2.75, 3.05) is 7.11 Å². The number of carboxylic acid groups (broad SMARTS) is 1. The molecule has 0 saturated heterocycles. The summed E-state index contributed by atoms with van der Waals surface area (Å²) in [6, 6.07) is 14.8. The number of methoxy groups -OCH3 is 1. The molecule has 1 unspecified atom stereocenters. The van der Waals surface area contributed by atoms with Crippen molar-refractivity contribution in [3.05, 3.63) is 76.7 Å². The van der Waals surface area contributed by atoms with Gasteiger partial charge in [-0.1, -0.05) is 37.3 Å². The highest BCUT2D eigenvalue weighted by Gasteiger charge is 2.39. The summed E-state index contributed by atoms with van der Waals surface area (Å²) in [5, 5.41) is 9.76. The van der Waals surface area contributed by atoms with E-state index in [9.17, 15) is 9.90 Å². The van der Waals surface area contributed by atoms with Gasteiger partial charge < -0.3 is 14.6 Å². The van der Waals surface area contributed by atoms with E-state index in [0.29, 0.717) is 36.0 Å². The summed E-state index contributed by atoms with van der Waals surface area (Å²) >= 11 is 0. The fourth-order valence-corrected chi connectivity index (χ4v) is 6.51. The predicted molar refractivity (Wildman–Crippen MR) is 162 cm³/mol. The molecule has 1 fully saturated rings. The van der Waals surface area contributed by atoms with Gasteiger partial charge in [-0.2, -0.15) is 0 Å². The average Bonchev–Trinajstić information content (AvgIpc) is 3.80. The third-order valence-corrected chi connectivity index (χ3v) is 8.99. The van der Waals surface area contributed by atoms with Gasteiger partial charge in [-0.3, -0.25) is 9.69 Å². The van der Waals surface area contributed by atoms with E-state index < -0.39 is 11.9 Å². The lowest BCUT2D eigenvalue weighted by Gasteiger charge is -2.32. The molecule has 1 saturated carbocycles. The Balaban J connectivity index is 1.50. The Morgan fingerprint density at radius 3 is 2.43 bits per heavy atom. The first kappa shape index (κ1) is 30.0. The minimum absolute atomic E-state index is 0.00652. The Kier molecular flexibility index (Phi) is 8.88. The van der Waals surface area contributed by atoms with Crippen LogP contribution in [0.3, 0.4) is 0 Å². The van der Waals surface area contributed by atoms with Gasteiger partial charge in [0.15, 0.2) is 0 Å². The molecule has 1 aromatic heterocycles. The van der Waals surface area contributed by atoms with Gasteiger partial charge in [0.1, 0.15) is 17.7 Å². The van der Waals surface area contributed by atoms with E-state index in [1.54, 1.807) is 6.07 Å². The van der Waals surface area contributed by atoms with Crippen LogP contribution in [0.15, 0.2) is 48.7 Å². The Hall–Kier alpha value is -3.45. The molecule has 0 radical (unpaired) electrons. The number of rotatable bonds is 11. The van der Waals surface area contributed by atoms with Crippen LogP contribution < -0.4 is 9.47 Å². The van der Waals surface area contributed by atoms with E-state index in [2.05, 4.69) is 61.8 Å². The molecule has 7 heteroatoms. The van der Waals surface area contributed by atoms with Gasteiger partial charge in [0.2, 0.25) is 5.88 Å². The first-order valence-electron chi connectivity index (χ1n) is 15.2. The second-order valence-corrected chi connectivity index (χ2v) is 12.5. The lowest BCUT2D eigenvalue weighted by Crippen LogP contribution is -2.36. The third kappa shape index (κ3) is 6.31. The first-order chi connectivity index (χ1) is 20.1. The van der Waals surface area contributed by atoms with Crippen molar-refractivity contribution >= 4 is 5.97 Å². The summed E-state index contributed by atoms with van der Waals surface area (Å²) in [4.78, 5) is 18.3. The number of pyridine rings is 1. The molecule has 0 spiro atoms. The number of aryl methyl sites for hydroxylation is 1. The van der Waals surface area contributed by atoms with Crippen molar-refractivity contribution in [1.82, 2.24) is 9.88 Å². The molecule has 6 nitrogen and oxygen atoms in total. The second-order valence-electron chi connectivity index (χ2n) is 12.5. The summed E-state index contributed by atoms with van der Waals surface area (Å²) in [6.07, 6.45) is 4.92. The molecule has 42 heavy (non-hydrogen) atoms. The first-order valence-corrected chi connectivity index (χ1v) is 15.2. The fraction of sp³-hybridized carbons (Fsp3) is 0.486. The standard InChI is InChI=1S/C35H43FN2O4/c1-20(2)38(21(3)4)19-27-15-25(11-13-28(27)29-17-33(41-6)37-18-30(29)36)31-14-12-23-7-10-26(16-32(23)42-31)34(24-8-9-24)22(5)35(39)40/h7,10-11,13,15-18,20-22,24,31,34H,8-9,12,14,19H2,1-6H3,(H,39,40)/t22-,31-,34?/m0/s1. The summed E-state index contributed by atoms with van der Waals surface area (Å²) in [6.45, 7) is 11.2. The molecule has 1 aliphatic carbocycles. The van der Waals surface area contributed by atoms with Crippen LogP contribution in [0.5, 0.6) is 11.6 Å². The van der Waals surface area contributed by atoms with Crippen molar-refractivity contribution in [2.24, 2.45) is 11.8 Å². The normalized spacial score (nSPS) is 18.1. The quantitative estimate of drug-likeness (QED) is 0.252. The highest BCUT2D eigenvalue weighted by Crippen LogP contribution is 2.48. The van der Waals surface area contributed by atoms with Gasteiger partial charge in [-0.15, -0.1) is 0 Å². The number of halogens is 1. The van der Waals surface area contributed by atoms with Crippen molar-refractivity contribution in [3.8, 4) is 22.8 Å². The van der Waals surface area contributed by atoms with Crippen LogP contribution in [-0.4, -0.2) is 40.2 Å². The Morgan fingerprint density at radius 2 is 1.79 bits per heavy atom. The van der Waals surface area contributed by atoms with Crippen molar-refractivity contribution in [1.29, 1.82) is 0 Å². The van der Waals surface area contributed by atoms with Gasteiger partial charge in [0.25, 0.3) is 0 Å². The SMILES string of the molecule is COc1cc(-c2ccc([C@@H]3CCc4ccc(C(C5CC5)[C@H](C)C(=O)O)cc4O3)cc2CN(C(C)C)C(C)C)c(F)cn1. The van der Waals surface area contributed by atoms with Gasteiger partial charge in [-0.05, 0) is 99.1 Å². The summed E-state index contributed by atoms with van der Waals surface area (Å²) in [7, 11) is 1.53. The van der Waals surface area contributed by atoms with Crippen LogP contribution in [0.4, 0.5) is 4.39 Å². The number of aliphatic carboxylic acids is 1. The molecule has 2 heterocycles. The van der Waals surface area contributed by atoms with Crippen molar-refractivity contribution in [3.63, 3.8) is 0 Å². The number of hydrogen-bond donors (Lipinski definition) is 1. The molecular weight excluding hydrogens is 531 g/mol. The maximum absolute atomic E-state index is 15.1. The van der Waals surface area contributed by atoms with Crippen LogP contribution in [0.1, 0.15) is 88.2 Å². The molecule has 2 aromatic carbocycles. The molecular formula is C35H43FN2O4. The Labute approximate surface area is 248 Å². The maximum atomic E-state index is 15.1. The van der Waals surface area contributed by atoms with Crippen LogP contribution in [-0.2, 0) is 17.8 Å². The van der Waals surface area contributed by atoms with Gasteiger partial charge in [0, 0.05) is 30.3 Å². The van der Waals surface area contributed by atoms with E-state index in [4.69, 9.17) is 9.47 Å². The number of nitrogens with zero attached hydrogens (tertiary/aromatic N) is 2. The minimum atomic E-state index is -0.754. The largest absolute Gasteiger partial charge is 0.485 e. The van der Waals surface area contributed by atoms with Crippen LogP contribution >= 0.6 is 0 Å². The number of benzene rings is 2. The van der Waals surface area contributed by atoms with E-state index in [1.165, 1.54) is 13.3 Å².